The van der Waals surface area contributed by atoms with Crippen molar-refractivity contribution in [2.24, 2.45) is 0 Å². The molecule has 5 nitrogen and oxygen atoms in total. The summed E-state index contributed by atoms with van der Waals surface area (Å²) in [6, 6.07) is 8.66. The molecule has 1 aliphatic heterocycles. The summed E-state index contributed by atoms with van der Waals surface area (Å²) < 4.78 is 5.39. The zero-order valence-corrected chi connectivity index (χ0v) is 14.5. The molecule has 5 heteroatoms. The molecule has 2 unspecified atom stereocenters. The predicted molar refractivity (Wildman–Crippen MR) is 93.2 cm³/mol. The van der Waals surface area contributed by atoms with Gasteiger partial charge in [0.05, 0.1) is 31.8 Å². The molecule has 0 aliphatic carbocycles. The molecule has 0 aromatic heterocycles. The topological polar surface area (TPSA) is 54.8 Å². The monoisotopic (exact) mass is 320 g/mol. The zero-order chi connectivity index (χ0) is 16.7. The number of anilines is 1. The second-order valence-corrected chi connectivity index (χ2v) is 6.40. The first-order valence-corrected chi connectivity index (χ1v) is 8.73. The Labute approximate surface area is 139 Å². The average Bonchev–Trinajstić information content (AvgIpc) is 2.52. The highest BCUT2D eigenvalue weighted by Gasteiger charge is 2.27. The molecule has 2 atom stereocenters. The van der Waals surface area contributed by atoms with Crippen LogP contribution in [0, 0.1) is 0 Å². The lowest BCUT2D eigenvalue weighted by atomic mass is 9.98. The molecule has 1 aliphatic rings. The van der Waals surface area contributed by atoms with Crippen LogP contribution in [-0.2, 0) is 0 Å². The van der Waals surface area contributed by atoms with Gasteiger partial charge in [-0.1, -0.05) is 0 Å². The van der Waals surface area contributed by atoms with Gasteiger partial charge in [-0.05, 0) is 64.3 Å². The van der Waals surface area contributed by atoms with E-state index in [1.807, 2.05) is 31.2 Å². The van der Waals surface area contributed by atoms with Crippen molar-refractivity contribution in [2.75, 3.05) is 25.0 Å². The third kappa shape index (κ3) is 5.43. The number of benzene rings is 1. The number of rotatable bonds is 6. The van der Waals surface area contributed by atoms with Crippen molar-refractivity contribution in [3.63, 3.8) is 0 Å². The molecule has 0 spiro atoms. The van der Waals surface area contributed by atoms with E-state index in [1.54, 1.807) is 4.90 Å². The second-order valence-electron chi connectivity index (χ2n) is 6.40. The summed E-state index contributed by atoms with van der Waals surface area (Å²) in [6.07, 6.45) is 3.91. The van der Waals surface area contributed by atoms with Gasteiger partial charge in [-0.15, -0.1) is 0 Å². The lowest BCUT2D eigenvalue weighted by molar-refractivity contribution is -0.950. The molecule has 1 aromatic carbocycles. The van der Waals surface area contributed by atoms with Gasteiger partial charge in [0, 0.05) is 5.69 Å². The van der Waals surface area contributed by atoms with Crippen LogP contribution in [0.25, 0.3) is 0 Å². The van der Waals surface area contributed by atoms with Crippen molar-refractivity contribution in [3.05, 3.63) is 24.3 Å². The van der Waals surface area contributed by atoms with E-state index < -0.39 is 0 Å². The number of ether oxygens (including phenoxy) is 1. The number of nitrogens with one attached hydrogen (secondary N) is 3. The summed E-state index contributed by atoms with van der Waals surface area (Å²) in [6.45, 7) is 8.90. The molecule has 23 heavy (non-hydrogen) atoms. The summed E-state index contributed by atoms with van der Waals surface area (Å²) in [5.41, 5.74) is 0.776. The van der Waals surface area contributed by atoms with Crippen LogP contribution in [0.3, 0.4) is 0 Å². The predicted octanol–water partition coefficient (Wildman–Crippen LogP) is 2.05. The third-order valence-corrected chi connectivity index (χ3v) is 4.66. The van der Waals surface area contributed by atoms with Gasteiger partial charge in [0.15, 0.2) is 0 Å². The van der Waals surface area contributed by atoms with Crippen molar-refractivity contribution in [1.29, 1.82) is 0 Å². The van der Waals surface area contributed by atoms with Crippen LogP contribution in [0.2, 0.25) is 0 Å². The Hall–Kier alpha value is -1.75. The molecule has 2 amide bonds. The van der Waals surface area contributed by atoms with Gasteiger partial charge in [-0.3, -0.25) is 0 Å². The van der Waals surface area contributed by atoms with Crippen LogP contribution < -0.4 is 20.3 Å². The Bertz CT molecular complexity index is 480. The van der Waals surface area contributed by atoms with Crippen LogP contribution in [0.15, 0.2) is 24.3 Å². The fourth-order valence-electron chi connectivity index (χ4n) is 3.38. The highest BCUT2D eigenvalue weighted by atomic mass is 16.5. The SMILES string of the molecule is CCOc1ccc(NC(=O)NCC[NH+]2C(C)CCCC2C)cc1. The van der Waals surface area contributed by atoms with Gasteiger partial charge in [-0.25, -0.2) is 4.79 Å². The number of urea groups is 1. The summed E-state index contributed by atoms with van der Waals surface area (Å²) in [4.78, 5) is 13.6. The van der Waals surface area contributed by atoms with E-state index in [1.165, 1.54) is 19.3 Å². The molecule has 3 N–H and O–H groups in total. The van der Waals surface area contributed by atoms with Crippen molar-refractivity contribution in [2.45, 2.75) is 52.1 Å². The van der Waals surface area contributed by atoms with Crippen molar-refractivity contribution in [1.82, 2.24) is 5.32 Å². The van der Waals surface area contributed by atoms with E-state index in [0.29, 0.717) is 25.2 Å². The minimum atomic E-state index is -0.147. The van der Waals surface area contributed by atoms with Gasteiger partial charge in [0.1, 0.15) is 5.75 Å². The molecular formula is C18H30N3O2+. The number of hydrogen-bond donors (Lipinski definition) is 3. The Morgan fingerprint density at radius 3 is 2.48 bits per heavy atom. The maximum Gasteiger partial charge on any atom is 0.319 e. The molecule has 1 saturated heterocycles. The first kappa shape index (κ1) is 17.6. The highest BCUT2D eigenvalue weighted by Crippen LogP contribution is 2.15. The lowest BCUT2D eigenvalue weighted by Crippen LogP contribution is -3.19. The normalized spacial score (nSPS) is 24.0. The Kier molecular flexibility index (Phi) is 6.71. The fraction of sp³-hybridized carbons (Fsp3) is 0.611. The number of amides is 2. The van der Waals surface area contributed by atoms with Gasteiger partial charge in [-0.2, -0.15) is 0 Å². The molecule has 0 bridgehead atoms. The van der Waals surface area contributed by atoms with Crippen LogP contribution in [0.1, 0.15) is 40.0 Å². The number of likely N-dealkylation sites (tertiary alicyclic amines) is 1. The van der Waals surface area contributed by atoms with E-state index in [4.69, 9.17) is 4.74 Å². The van der Waals surface area contributed by atoms with Crippen molar-refractivity contribution in [3.8, 4) is 5.75 Å². The van der Waals surface area contributed by atoms with Gasteiger partial charge in [0.25, 0.3) is 0 Å². The Morgan fingerprint density at radius 2 is 1.87 bits per heavy atom. The van der Waals surface area contributed by atoms with Gasteiger partial charge < -0.3 is 20.3 Å². The van der Waals surface area contributed by atoms with E-state index in [9.17, 15) is 4.79 Å². The van der Waals surface area contributed by atoms with E-state index in [2.05, 4.69) is 24.5 Å². The maximum atomic E-state index is 12.0. The number of carbonyl (C=O) groups is 1. The number of carbonyl (C=O) groups excluding carboxylic acids is 1. The standard InChI is InChI=1S/C18H29N3O2/c1-4-23-17-10-8-16(9-11-17)20-18(22)19-12-13-21-14(2)6-5-7-15(21)3/h8-11,14-15H,4-7,12-13H2,1-3H3,(H2,19,20,22)/p+1. The summed E-state index contributed by atoms with van der Waals surface area (Å²) >= 11 is 0. The average molecular weight is 320 g/mol. The number of quaternary nitrogens is 1. The third-order valence-electron chi connectivity index (χ3n) is 4.66. The quantitative estimate of drug-likeness (QED) is 0.751. The van der Waals surface area contributed by atoms with Crippen LogP contribution in [0.5, 0.6) is 5.75 Å². The fourth-order valence-corrected chi connectivity index (χ4v) is 3.38. The Balaban J connectivity index is 1.72. The van der Waals surface area contributed by atoms with E-state index in [0.717, 1.165) is 18.0 Å². The first-order chi connectivity index (χ1) is 11.1. The van der Waals surface area contributed by atoms with Crippen molar-refractivity contribution >= 4 is 11.7 Å². The summed E-state index contributed by atoms with van der Waals surface area (Å²) in [5.74, 6) is 0.815. The zero-order valence-electron chi connectivity index (χ0n) is 14.5. The maximum absolute atomic E-state index is 12.0. The summed E-state index contributed by atoms with van der Waals surface area (Å²) in [5, 5.41) is 5.81. The highest BCUT2D eigenvalue weighted by molar-refractivity contribution is 5.89. The Morgan fingerprint density at radius 1 is 1.22 bits per heavy atom. The number of piperidine rings is 1. The minimum absolute atomic E-state index is 0.147. The van der Waals surface area contributed by atoms with Crippen LogP contribution in [-0.4, -0.2) is 37.8 Å². The van der Waals surface area contributed by atoms with Gasteiger partial charge >= 0.3 is 6.03 Å². The van der Waals surface area contributed by atoms with Crippen molar-refractivity contribution < 1.29 is 14.4 Å². The molecule has 0 saturated carbocycles. The van der Waals surface area contributed by atoms with E-state index >= 15 is 0 Å². The number of hydrogen-bond acceptors (Lipinski definition) is 2. The first-order valence-electron chi connectivity index (χ1n) is 8.73. The van der Waals surface area contributed by atoms with E-state index in [-0.39, 0.29) is 6.03 Å². The largest absolute Gasteiger partial charge is 0.494 e. The van der Waals surface area contributed by atoms with Crippen LogP contribution in [0.4, 0.5) is 10.5 Å². The van der Waals surface area contributed by atoms with Gasteiger partial charge in [0.2, 0.25) is 0 Å². The minimum Gasteiger partial charge on any atom is -0.494 e. The molecule has 0 radical (unpaired) electrons. The van der Waals surface area contributed by atoms with Crippen LogP contribution >= 0.6 is 0 Å². The molecular weight excluding hydrogens is 290 g/mol. The summed E-state index contributed by atoms with van der Waals surface area (Å²) in [7, 11) is 0. The smallest absolute Gasteiger partial charge is 0.319 e. The molecule has 2 rings (SSSR count). The molecule has 1 heterocycles. The molecule has 128 valence electrons. The molecule has 1 fully saturated rings. The second kappa shape index (κ2) is 8.77. The molecule has 1 aromatic rings. The lowest BCUT2D eigenvalue weighted by Gasteiger charge is -2.35.